The molecule has 0 aromatic heterocycles. The first kappa shape index (κ1) is 13.8. The number of oxime groups is 1. The van der Waals surface area contributed by atoms with Crippen LogP contribution >= 0.6 is 0 Å². The summed E-state index contributed by atoms with van der Waals surface area (Å²) in [7, 11) is 0. The highest BCUT2D eigenvalue weighted by Gasteiger charge is 2.04. The molecule has 0 aliphatic heterocycles. The van der Waals surface area contributed by atoms with Crippen LogP contribution in [0.1, 0.15) is 19.3 Å². The fourth-order valence-electron chi connectivity index (χ4n) is 1.31. The van der Waals surface area contributed by atoms with Crippen molar-refractivity contribution in [2.75, 3.05) is 6.61 Å². The van der Waals surface area contributed by atoms with E-state index in [0.29, 0.717) is 18.8 Å². The second-order valence-electron chi connectivity index (χ2n) is 3.65. The first-order chi connectivity index (χ1) is 8.63. The normalized spacial score (nSPS) is 11.2. The van der Waals surface area contributed by atoms with Crippen molar-refractivity contribution in [2.45, 2.75) is 19.3 Å². The fourth-order valence-corrected chi connectivity index (χ4v) is 1.31. The Morgan fingerprint density at radius 1 is 1.39 bits per heavy atom. The summed E-state index contributed by atoms with van der Waals surface area (Å²) in [4.78, 5) is 9.97. The van der Waals surface area contributed by atoms with Crippen LogP contribution in [0.3, 0.4) is 0 Å². The number of rotatable bonds is 7. The molecule has 0 heterocycles. The van der Waals surface area contributed by atoms with E-state index >= 15 is 0 Å². The summed E-state index contributed by atoms with van der Waals surface area (Å²) < 4.78 is 5.39. The minimum atomic E-state index is -0.458. The summed E-state index contributed by atoms with van der Waals surface area (Å²) in [6.07, 6.45) is 2.02. The van der Waals surface area contributed by atoms with Crippen LogP contribution in [0.5, 0.6) is 5.75 Å². The van der Waals surface area contributed by atoms with Gasteiger partial charge in [-0.1, -0.05) is 5.16 Å². The van der Waals surface area contributed by atoms with Crippen molar-refractivity contribution in [3.63, 3.8) is 0 Å². The van der Waals surface area contributed by atoms with E-state index in [1.807, 2.05) is 0 Å². The molecule has 1 aromatic carbocycles. The lowest BCUT2D eigenvalue weighted by molar-refractivity contribution is -0.384. The monoisotopic (exact) mass is 253 g/mol. The molecular weight excluding hydrogens is 238 g/mol. The number of nitrogens with zero attached hydrogens (tertiary/aromatic N) is 2. The van der Waals surface area contributed by atoms with Crippen molar-refractivity contribution < 1.29 is 14.9 Å². The molecule has 0 bridgehead atoms. The molecule has 0 amide bonds. The number of nitro groups is 1. The summed E-state index contributed by atoms with van der Waals surface area (Å²) in [5.41, 5.74) is 5.34. The number of unbranched alkanes of at least 4 members (excludes halogenated alkanes) is 1. The number of hydrogen-bond donors (Lipinski definition) is 2. The van der Waals surface area contributed by atoms with Crippen LogP contribution in [0, 0.1) is 10.1 Å². The van der Waals surface area contributed by atoms with Gasteiger partial charge >= 0.3 is 0 Å². The lowest BCUT2D eigenvalue weighted by Gasteiger charge is -2.05. The number of amidine groups is 1. The Balaban J connectivity index is 2.25. The SMILES string of the molecule is N/C(CCCCOc1ccc([N+](=O)[O-])cc1)=N/O. The average Bonchev–Trinajstić information content (AvgIpc) is 2.38. The van der Waals surface area contributed by atoms with Gasteiger partial charge < -0.3 is 15.7 Å². The molecule has 0 aliphatic rings. The number of ether oxygens (including phenoxy) is 1. The fraction of sp³-hybridized carbons (Fsp3) is 0.364. The zero-order valence-corrected chi connectivity index (χ0v) is 9.78. The Morgan fingerprint density at radius 2 is 2.06 bits per heavy atom. The molecule has 0 fully saturated rings. The van der Waals surface area contributed by atoms with Crippen LogP contribution in [-0.2, 0) is 0 Å². The van der Waals surface area contributed by atoms with Gasteiger partial charge in [-0.25, -0.2) is 0 Å². The third-order valence-corrected chi connectivity index (χ3v) is 2.27. The number of non-ortho nitro benzene ring substituents is 1. The summed E-state index contributed by atoms with van der Waals surface area (Å²) in [6, 6.07) is 5.90. The van der Waals surface area contributed by atoms with E-state index in [0.717, 1.165) is 12.8 Å². The topological polar surface area (TPSA) is 111 Å². The molecule has 3 N–H and O–H groups in total. The zero-order chi connectivity index (χ0) is 13.4. The van der Waals surface area contributed by atoms with Crippen LogP contribution < -0.4 is 10.5 Å². The molecule has 7 nitrogen and oxygen atoms in total. The van der Waals surface area contributed by atoms with Crippen molar-refractivity contribution in [1.29, 1.82) is 0 Å². The summed E-state index contributed by atoms with van der Waals surface area (Å²) in [6.45, 7) is 0.483. The van der Waals surface area contributed by atoms with E-state index in [1.54, 1.807) is 12.1 Å². The molecule has 0 spiro atoms. The second kappa shape index (κ2) is 7.10. The molecule has 0 radical (unpaired) electrons. The van der Waals surface area contributed by atoms with Crippen LogP contribution in [0.15, 0.2) is 29.4 Å². The van der Waals surface area contributed by atoms with Crippen molar-refractivity contribution in [3.05, 3.63) is 34.4 Å². The molecule has 98 valence electrons. The predicted molar refractivity (Wildman–Crippen MR) is 65.9 cm³/mol. The lowest BCUT2D eigenvalue weighted by atomic mass is 10.2. The van der Waals surface area contributed by atoms with Gasteiger partial charge in [-0.2, -0.15) is 0 Å². The maximum Gasteiger partial charge on any atom is 0.269 e. The Bertz CT molecular complexity index is 417. The van der Waals surface area contributed by atoms with E-state index in [2.05, 4.69) is 5.16 Å². The van der Waals surface area contributed by atoms with E-state index in [9.17, 15) is 10.1 Å². The maximum absolute atomic E-state index is 10.4. The Labute approximate surface area is 104 Å². The zero-order valence-electron chi connectivity index (χ0n) is 9.78. The Hall–Kier alpha value is -2.31. The van der Waals surface area contributed by atoms with Crippen molar-refractivity contribution in [2.24, 2.45) is 10.9 Å². The molecule has 18 heavy (non-hydrogen) atoms. The summed E-state index contributed by atoms with van der Waals surface area (Å²) in [5, 5.41) is 21.6. The van der Waals surface area contributed by atoms with E-state index < -0.39 is 4.92 Å². The van der Waals surface area contributed by atoms with Gasteiger partial charge in [0.15, 0.2) is 0 Å². The Morgan fingerprint density at radius 3 is 2.61 bits per heavy atom. The van der Waals surface area contributed by atoms with E-state index in [1.165, 1.54) is 12.1 Å². The van der Waals surface area contributed by atoms with Gasteiger partial charge in [0.1, 0.15) is 11.6 Å². The first-order valence-corrected chi connectivity index (χ1v) is 5.47. The quantitative estimate of drug-likeness (QED) is 0.192. The maximum atomic E-state index is 10.4. The van der Waals surface area contributed by atoms with Gasteiger partial charge in [-0.15, -0.1) is 0 Å². The standard InChI is InChI=1S/C11H15N3O4/c12-11(13-15)3-1-2-8-18-10-6-4-9(5-7-10)14(16)17/h4-7,15H,1-3,8H2,(H2,12,13). The lowest BCUT2D eigenvalue weighted by Crippen LogP contribution is -2.11. The smallest absolute Gasteiger partial charge is 0.269 e. The van der Waals surface area contributed by atoms with Crippen LogP contribution in [0.4, 0.5) is 5.69 Å². The third kappa shape index (κ3) is 4.69. The predicted octanol–water partition coefficient (Wildman–Crippen LogP) is 1.89. The molecule has 0 saturated heterocycles. The Kier molecular flexibility index (Phi) is 5.43. The number of hydrogen-bond acceptors (Lipinski definition) is 5. The third-order valence-electron chi connectivity index (χ3n) is 2.27. The molecule has 0 atom stereocenters. The minimum absolute atomic E-state index is 0.0364. The van der Waals surface area contributed by atoms with Gasteiger partial charge in [0.25, 0.3) is 5.69 Å². The van der Waals surface area contributed by atoms with E-state index in [4.69, 9.17) is 15.7 Å². The highest BCUT2D eigenvalue weighted by Crippen LogP contribution is 2.17. The minimum Gasteiger partial charge on any atom is -0.494 e. The van der Waals surface area contributed by atoms with E-state index in [-0.39, 0.29) is 11.5 Å². The molecule has 1 aromatic rings. The number of nitrogens with two attached hydrogens (primary N) is 1. The van der Waals surface area contributed by atoms with Gasteiger partial charge in [0.2, 0.25) is 0 Å². The molecule has 0 unspecified atom stereocenters. The first-order valence-electron chi connectivity index (χ1n) is 5.47. The summed E-state index contributed by atoms with van der Waals surface area (Å²) in [5.74, 6) is 0.787. The van der Waals surface area contributed by atoms with Gasteiger partial charge in [0, 0.05) is 18.6 Å². The van der Waals surface area contributed by atoms with Crippen LogP contribution in [0.2, 0.25) is 0 Å². The molecule has 7 heteroatoms. The van der Waals surface area contributed by atoms with Gasteiger partial charge in [0.05, 0.1) is 11.5 Å². The van der Waals surface area contributed by atoms with Crippen molar-refractivity contribution >= 4 is 11.5 Å². The van der Waals surface area contributed by atoms with Crippen LogP contribution in [-0.4, -0.2) is 22.6 Å². The van der Waals surface area contributed by atoms with Crippen LogP contribution in [0.25, 0.3) is 0 Å². The highest BCUT2D eigenvalue weighted by molar-refractivity contribution is 5.79. The molecule has 0 saturated carbocycles. The average molecular weight is 253 g/mol. The highest BCUT2D eigenvalue weighted by atomic mass is 16.6. The number of benzene rings is 1. The largest absolute Gasteiger partial charge is 0.494 e. The van der Waals surface area contributed by atoms with Crippen molar-refractivity contribution in [1.82, 2.24) is 0 Å². The molecular formula is C11H15N3O4. The molecule has 1 rings (SSSR count). The number of nitro benzene ring substituents is 1. The van der Waals surface area contributed by atoms with Crippen molar-refractivity contribution in [3.8, 4) is 5.75 Å². The second-order valence-corrected chi connectivity index (χ2v) is 3.65. The van der Waals surface area contributed by atoms with Gasteiger partial charge in [-0.3, -0.25) is 10.1 Å². The van der Waals surface area contributed by atoms with Gasteiger partial charge in [-0.05, 0) is 25.0 Å². The summed E-state index contributed by atoms with van der Waals surface area (Å²) >= 11 is 0. The molecule has 0 aliphatic carbocycles.